The Morgan fingerprint density at radius 2 is 1.67 bits per heavy atom. The van der Waals surface area contributed by atoms with Crippen molar-refractivity contribution >= 4 is 0 Å². The van der Waals surface area contributed by atoms with E-state index < -0.39 is 0 Å². The highest BCUT2D eigenvalue weighted by molar-refractivity contribution is 5.20. The average Bonchev–Trinajstić information content (AvgIpc) is 2.60. The van der Waals surface area contributed by atoms with Crippen molar-refractivity contribution in [3.05, 3.63) is 71.8 Å². The summed E-state index contributed by atoms with van der Waals surface area (Å²) in [5.41, 5.74) is 2.94. The molecule has 1 unspecified atom stereocenters. The SMILES string of the molecule is CN1CC(c2ccccc2)OCC12CN(CCc1ccccc1)C2. The summed E-state index contributed by atoms with van der Waals surface area (Å²) < 4.78 is 6.23. The summed E-state index contributed by atoms with van der Waals surface area (Å²) in [7, 11) is 2.26. The number of hydrogen-bond acceptors (Lipinski definition) is 3. The van der Waals surface area contributed by atoms with Crippen molar-refractivity contribution in [2.75, 3.05) is 39.8 Å². The second-order valence-electron chi connectivity index (χ2n) is 7.26. The Morgan fingerprint density at radius 1 is 1.00 bits per heavy atom. The van der Waals surface area contributed by atoms with Crippen LogP contribution in [0.5, 0.6) is 0 Å². The summed E-state index contributed by atoms with van der Waals surface area (Å²) in [4.78, 5) is 5.07. The van der Waals surface area contributed by atoms with Crippen LogP contribution in [-0.2, 0) is 11.2 Å². The molecule has 2 aromatic carbocycles. The van der Waals surface area contributed by atoms with Gasteiger partial charge in [-0.15, -0.1) is 0 Å². The van der Waals surface area contributed by atoms with Crippen molar-refractivity contribution in [2.45, 2.75) is 18.1 Å². The van der Waals surface area contributed by atoms with E-state index in [4.69, 9.17) is 4.74 Å². The summed E-state index contributed by atoms with van der Waals surface area (Å²) >= 11 is 0. The molecule has 3 nitrogen and oxygen atoms in total. The van der Waals surface area contributed by atoms with E-state index in [1.165, 1.54) is 11.1 Å². The molecule has 2 saturated heterocycles. The fourth-order valence-corrected chi connectivity index (χ4v) is 3.94. The second kappa shape index (κ2) is 6.67. The molecule has 0 bridgehead atoms. The van der Waals surface area contributed by atoms with E-state index in [9.17, 15) is 0 Å². The number of benzene rings is 2. The lowest BCUT2D eigenvalue weighted by Crippen LogP contribution is -2.73. The zero-order valence-corrected chi connectivity index (χ0v) is 14.4. The zero-order chi connectivity index (χ0) is 16.4. The minimum absolute atomic E-state index is 0.209. The monoisotopic (exact) mass is 322 g/mol. The normalized spacial score (nSPS) is 24.0. The molecule has 1 atom stereocenters. The maximum absolute atomic E-state index is 6.23. The molecular formula is C21H26N2O. The fourth-order valence-electron chi connectivity index (χ4n) is 3.94. The van der Waals surface area contributed by atoms with E-state index in [1.807, 2.05) is 0 Å². The van der Waals surface area contributed by atoms with Crippen LogP contribution in [0.3, 0.4) is 0 Å². The molecule has 0 radical (unpaired) electrons. The quantitative estimate of drug-likeness (QED) is 0.861. The molecule has 2 aromatic rings. The van der Waals surface area contributed by atoms with Gasteiger partial charge in [-0.2, -0.15) is 0 Å². The van der Waals surface area contributed by atoms with Gasteiger partial charge in [0.15, 0.2) is 0 Å². The highest BCUT2D eigenvalue weighted by atomic mass is 16.5. The number of rotatable bonds is 4. The molecule has 0 amide bonds. The van der Waals surface area contributed by atoms with E-state index in [1.54, 1.807) is 0 Å². The number of nitrogens with zero attached hydrogens (tertiary/aromatic N) is 2. The molecule has 24 heavy (non-hydrogen) atoms. The van der Waals surface area contributed by atoms with Crippen LogP contribution in [0, 0.1) is 0 Å². The van der Waals surface area contributed by atoms with Gasteiger partial charge in [0.1, 0.15) is 0 Å². The number of likely N-dealkylation sites (tertiary alicyclic amines) is 1. The summed E-state index contributed by atoms with van der Waals surface area (Å²) in [6, 6.07) is 21.4. The highest BCUT2D eigenvalue weighted by Crippen LogP contribution is 2.35. The highest BCUT2D eigenvalue weighted by Gasteiger charge is 2.49. The van der Waals surface area contributed by atoms with Crippen LogP contribution < -0.4 is 0 Å². The Hall–Kier alpha value is -1.68. The molecule has 0 aliphatic carbocycles. The first-order valence-electron chi connectivity index (χ1n) is 8.89. The van der Waals surface area contributed by atoms with Crippen LogP contribution in [0.1, 0.15) is 17.2 Å². The van der Waals surface area contributed by atoms with Gasteiger partial charge in [0.25, 0.3) is 0 Å². The first-order chi connectivity index (χ1) is 11.8. The number of ether oxygens (including phenoxy) is 1. The summed E-state index contributed by atoms with van der Waals surface area (Å²) in [6.45, 7) is 5.21. The third kappa shape index (κ3) is 3.12. The molecule has 2 fully saturated rings. The molecule has 2 aliphatic heterocycles. The predicted molar refractivity (Wildman–Crippen MR) is 97.1 cm³/mol. The Bertz CT molecular complexity index is 652. The van der Waals surface area contributed by atoms with Crippen molar-refractivity contribution in [1.82, 2.24) is 9.80 Å². The minimum Gasteiger partial charge on any atom is -0.370 e. The molecule has 1 spiro atoms. The van der Waals surface area contributed by atoms with Crippen molar-refractivity contribution in [3.8, 4) is 0 Å². The third-order valence-electron chi connectivity index (χ3n) is 5.57. The fraction of sp³-hybridized carbons (Fsp3) is 0.429. The summed E-state index contributed by atoms with van der Waals surface area (Å²) in [5, 5.41) is 0. The zero-order valence-electron chi connectivity index (χ0n) is 14.4. The van der Waals surface area contributed by atoms with E-state index in [2.05, 4.69) is 77.5 Å². The van der Waals surface area contributed by atoms with Gasteiger partial charge < -0.3 is 4.74 Å². The van der Waals surface area contributed by atoms with Crippen molar-refractivity contribution in [2.24, 2.45) is 0 Å². The summed E-state index contributed by atoms with van der Waals surface area (Å²) in [6.07, 6.45) is 1.34. The van der Waals surface area contributed by atoms with E-state index >= 15 is 0 Å². The van der Waals surface area contributed by atoms with E-state index in [0.29, 0.717) is 0 Å². The Balaban J connectivity index is 1.29. The number of likely N-dealkylation sites (N-methyl/N-ethyl adjacent to an activating group) is 1. The van der Waals surface area contributed by atoms with Crippen LogP contribution >= 0.6 is 0 Å². The van der Waals surface area contributed by atoms with Crippen LogP contribution in [-0.4, -0.2) is 55.2 Å². The van der Waals surface area contributed by atoms with Gasteiger partial charge in [-0.3, -0.25) is 9.80 Å². The Morgan fingerprint density at radius 3 is 2.33 bits per heavy atom. The lowest BCUT2D eigenvalue weighted by Gasteiger charge is -2.58. The standard InChI is InChI=1S/C21H26N2O/c1-22-14-20(19-10-6-3-7-11-19)24-17-21(22)15-23(16-21)13-12-18-8-4-2-5-9-18/h2-11,20H,12-17H2,1H3. The van der Waals surface area contributed by atoms with Crippen molar-refractivity contribution < 1.29 is 4.74 Å². The number of morpholine rings is 1. The van der Waals surface area contributed by atoms with Gasteiger partial charge in [0.05, 0.1) is 18.2 Å². The smallest absolute Gasteiger partial charge is 0.0952 e. The molecule has 4 rings (SSSR count). The van der Waals surface area contributed by atoms with E-state index in [0.717, 1.165) is 39.2 Å². The molecule has 0 saturated carbocycles. The van der Waals surface area contributed by atoms with Crippen molar-refractivity contribution in [3.63, 3.8) is 0 Å². The molecular weight excluding hydrogens is 296 g/mol. The topological polar surface area (TPSA) is 15.7 Å². The molecule has 0 aromatic heterocycles. The van der Waals surface area contributed by atoms with Gasteiger partial charge in [-0.1, -0.05) is 60.7 Å². The molecule has 126 valence electrons. The maximum atomic E-state index is 6.23. The first kappa shape index (κ1) is 15.8. The summed E-state index contributed by atoms with van der Waals surface area (Å²) in [5.74, 6) is 0. The average molecular weight is 322 g/mol. The second-order valence-corrected chi connectivity index (χ2v) is 7.26. The van der Waals surface area contributed by atoms with Gasteiger partial charge in [0, 0.05) is 26.2 Å². The molecule has 2 heterocycles. The minimum atomic E-state index is 0.209. The van der Waals surface area contributed by atoms with Gasteiger partial charge >= 0.3 is 0 Å². The van der Waals surface area contributed by atoms with Gasteiger partial charge in [-0.05, 0) is 24.6 Å². The van der Waals surface area contributed by atoms with Crippen LogP contribution in [0.25, 0.3) is 0 Å². The lowest BCUT2D eigenvalue weighted by atomic mass is 9.86. The van der Waals surface area contributed by atoms with E-state index in [-0.39, 0.29) is 11.6 Å². The predicted octanol–water partition coefficient (Wildman–Crippen LogP) is 2.99. The van der Waals surface area contributed by atoms with Crippen LogP contribution in [0.15, 0.2) is 60.7 Å². The molecule has 3 heteroatoms. The largest absolute Gasteiger partial charge is 0.370 e. The van der Waals surface area contributed by atoms with Crippen molar-refractivity contribution in [1.29, 1.82) is 0 Å². The van der Waals surface area contributed by atoms with Gasteiger partial charge in [0.2, 0.25) is 0 Å². The third-order valence-corrected chi connectivity index (χ3v) is 5.57. The Kier molecular flexibility index (Phi) is 4.40. The maximum Gasteiger partial charge on any atom is 0.0952 e. The first-order valence-corrected chi connectivity index (χ1v) is 8.89. The van der Waals surface area contributed by atoms with Crippen LogP contribution in [0.4, 0.5) is 0 Å². The number of hydrogen-bond donors (Lipinski definition) is 0. The molecule has 0 N–H and O–H groups in total. The Labute approximate surface area is 144 Å². The lowest BCUT2D eigenvalue weighted by molar-refractivity contribution is -0.160. The van der Waals surface area contributed by atoms with Gasteiger partial charge in [-0.25, -0.2) is 0 Å². The van der Waals surface area contributed by atoms with Crippen LogP contribution in [0.2, 0.25) is 0 Å². The molecule has 2 aliphatic rings.